The molecule has 0 aromatic heterocycles. The summed E-state index contributed by atoms with van der Waals surface area (Å²) in [7, 11) is 0. The number of aliphatic carboxylic acids is 1. The van der Waals surface area contributed by atoms with Gasteiger partial charge in [-0.15, -0.1) is 0 Å². The Morgan fingerprint density at radius 2 is 1.51 bits per heavy atom. The number of nitrogens with zero attached hydrogens (tertiary/aromatic N) is 1. The number of nitrogens with one attached hydrogen (secondary N) is 4. The van der Waals surface area contributed by atoms with Crippen LogP contribution in [-0.2, 0) is 24.0 Å². The Morgan fingerprint density at radius 3 is 2.03 bits per heavy atom. The first-order valence-corrected chi connectivity index (χ1v) is 11.5. The molecule has 35 heavy (non-hydrogen) atoms. The summed E-state index contributed by atoms with van der Waals surface area (Å²) in [6, 6.07) is -2.84. The van der Waals surface area contributed by atoms with Crippen LogP contribution < -0.4 is 38.5 Å². The number of carboxylic acids is 1. The number of carbonyl (C=O) groups excluding carboxylic acids is 4. The number of nitrogens with two attached hydrogens (primary N) is 3. The second-order valence-corrected chi connectivity index (χ2v) is 8.54. The molecular weight excluding hydrogens is 460 g/mol. The van der Waals surface area contributed by atoms with Gasteiger partial charge in [0.15, 0.2) is 5.96 Å². The van der Waals surface area contributed by atoms with Crippen molar-refractivity contribution in [2.24, 2.45) is 34.0 Å². The Hall–Kier alpha value is -3.42. The van der Waals surface area contributed by atoms with E-state index in [4.69, 9.17) is 17.2 Å². The Bertz CT molecular complexity index is 769. The van der Waals surface area contributed by atoms with Gasteiger partial charge in [-0.05, 0) is 24.7 Å². The molecule has 0 saturated carbocycles. The molecule has 0 rings (SSSR count). The van der Waals surface area contributed by atoms with E-state index in [1.54, 1.807) is 13.8 Å². The van der Waals surface area contributed by atoms with Crippen LogP contribution in [0.25, 0.3) is 0 Å². The molecule has 0 aromatic rings. The molecule has 0 heterocycles. The zero-order valence-corrected chi connectivity index (χ0v) is 20.8. The van der Waals surface area contributed by atoms with Gasteiger partial charge in [0, 0.05) is 6.54 Å². The highest BCUT2D eigenvalue weighted by Gasteiger charge is 2.28. The van der Waals surface area contributed by atoms with Crippen molar-refractivity contribution in [3.05, 3.63) is 0 Å². The molecule has 0 aromatic carbocycles. The minimum atomic E-state index is -1.24. The molecule has 14 heteroatoms. The van der Waals surface area contributed by atoms with Crippen molar-refractivity contribution in [2.45, 2.75) is 65.1 Å². The summed E-state index contributed by atoms with van der Waals surface area (Å²) in [6.45, 7) is 6.49. The number of carbonyl (C=O) groups is 5. The van der Waals surface area contributed by atoms with Crippen molar-refractivity contribution in [1.82, 2.24) is 21.3 Å². The van der Waals surface area contributed by atoms with Gasteiger partial charge in [0.05, 0.1) is 19.1 Å². The summed E-state index contributed by atoms with van der Waals surface area (Å²) in [4.78, 5) is 63.9. The maximum Gasteiger partial charge on any atom is 0.326 e. The number of amides is 4. The molecule has 4 atom stereocenters. The summed E-state index contributed by atoms with van der Waals surface area (Å²) >= 11 is 0. The Morgan fingerprint density at radius 1 is 0.914 bits per heavy atom. The smallest absolute Gasteiger partial charge is 0.326 e. The van der Waals surface area contributed by atoms with Gasteiger partial charge < -0.3 is 43.6 Å². The number of aliphatic imine (C=N–C) groups is 1. The maximum absolute atomic E-state index is 12.5. The molecule has 0 aliphatic rings. The van der Waals surface area contributed by atoms with Gasteiger partial charge in [-0.25, -0.2) is 4.79 Å². The van der Waals surface area contributed by atoms with E-state index >= 15 is 0 Å². The molecule has 11 N–H and O–H groups in total. The van der Waals surface area contributed by atoms with Gasteiger partial charge in [-0.2, -0.15) is 0 Å². The summed E-state index contributed by atoms with van der Waals surface area (Å²) < 4.78 is 0. The quantitative estimate of drug-likeness (QED) is 0.0626. The lowest BCUT2D eigenvalue weighted by atomic mass is 9.97. The minimum Gasteiger partial charge on any atom is -0.480 e. The van der Waals surface area contributed by atoms with Crippen LogP contribution in [-0.4, -0.2) is 78.4 Å². The number of carboxylic acid groups (broad SMARTS) is 1. The number of guanidine groups is 1. The van der Waals surface area contributed by atoms with Gasteiger partial charge >= 0.3 is 5.97 Å². The number of hydrogen-bond acceptors (Lipinski definition) is 7. The van der Waals surface area contributed by atoms with Crippen molar-refractivity contribution in [3.63, 3.8) is 0 Å². The summed E-state index contributed by atoms with van der Waals surface area (Å²) in [5, 5.41) is 18.8. The first kappa shape index (κ1) is 31.6. The van der Waals surface area contributed by atoms with Crippen LogP contribution in [0.2, 0.25) is 0 Å². The van der Waals surface area contributed by atoms with Gasteiger partial charge in [-0.3, -0.25) is 24.2 Å². The highest BCUT2D eigenvalue weighted by molar-refractivity contribution is 5.93. The Balaban J connectivity index is 4.61. The number of rotatable bonds is 16. The Kier molecular flexibility index (Phi) is 14.7. The maximum atomic E-state index is 12.5. The third kappa shape index (κ3) is 13.2. The lowest BCUT2D eigenvalue weighted by Crippen LogP contribution is -2.56. The molecule has 0 aliphatic carbocycles. The third-order valence-electron chi connectivity index (χ3n) is 5.25. The SMILES string of the molecule is CC[C@H](C)[C@H](N)C(=O)N[C@H](C(=O)NCC(=O)NCC(=O)N[C@@H](CCCN=C(N)N)C(=O)O)C(C)C. The zero-order valence-electron chi connectivity index (χ0n) is 20.8. The van der Waals surface area contributed by atoms with Gasteiger partial charge in [0.1, 0.15) is 12.1 Å². The summed E-state index contributed by atoms with van der Waals surface area (Å²) in [5.41, 5.74) is 16.3. The first-order chi connectivity index (χ1) is 16.3. The van der Waals surface area contributed by atoms with E-state index in [-0.39, 0.29) is 30.8 Å². The van der Waals surface area contributed by atoms with Crippen molar-refractivity contribution in [2.75, 3.05) is 19.6 Å². The fraction of sp³-hybridized carbons (Fsp3) is 0.714. The predicted octanol–water partition coefficient (Wildman–Crippen LogP) is -2.64. The Labute approximate surface area is 205 Å². The standard InChI is InChI=1S/C21H40N8O6/c1-5-12(4)16(22)18(32)29-17(11(2)3)19(33)27-9-14(30)26-10-15(31)28-13(20(34)35)7-6-8-25-21(23)24/h11-13,16-17H,5-10,22H2,1-4H3,(H,26,30)(H,27,33)(H,28,31)(H,29,32)(H,34,35)(H4,23,24,25)/t12-,13-,16-,17-/m0/s1. The fourth-order valence-electron chi connectivity index (χ4n) is 2.82. The second kappa shape index (κ2) is 16.2. The molecule has 0 saturated heterocycles. The molecule has 14 nitrogen and oxygen atoms in total. The van der Waals surface area contributed by atoms with E-state index in [0.29, 0.717) is 12.8 Å². The van der Waals surface area contributed by atoms with Crippen molar-refractivity contribution >= 4 is 35.6 Å². The summed E-state index contributed by atoms with van der Waals surface area (Å²) in [6.07, 6.45) is 1.11. The minimum absolute atomic E-state index is 0.0678. The van der Waals surface area contributed by atoms with Crippen LogP contribution >= 0.6 is 0 Å². The van der Waals surface area contributed by atoms with Crippen LogP contribution in [0, 0.1) is 11.8 Å². The van der Waals surface area contributed by atoms with Gasteiger partial charge in [-0.1, -0.05) is 34.1 Å². The normalized spacial score (nSPS) is 14.1. The molecule has 0 spiro atoms. The lowest BCUT2D eigenvalue weighted by molar-refractivity contribution is -0.142. The van der Waals surface area contributed by atoms with Crippen LogP contribution in [0.4, 0.5) is 0 Å². The van der Waals surface area contributed by atoms with E-state index in [1.807, 2.05) is 13.8 Å². The first-order valence-electron chi connectivity index (χ1n) is 11.5. The topological polar surface area (TPSA) is 244 Å². The average Bonchev–Trinajstić information content (AvgIpc) is 2.79. The molecular formula is C21H40N8O6. The van der Waals surface area contributed by atoms with E-state index in [0.717, 1.165) is 0 Å². The predicted molar refractivity (Wildman–Crippen MR) is 130 cm³/mol. The average molecular weight is 501 g/mol. The van der Waals surface area contributed by atoms with E-state index in [2.05, 4.69) is 26.3 Å². The molecule has 4 amide bonds. The highest BCUT2D eigenvalue weighted by atomic mass is 16.4. The van der Waals surface area contributed by atoms with Crippen LogP contribution in [0.3, 0.4) is 0 Å². The van der Waals surface area contributed by atoms with E-state index < -0.39 is 60.8 Å². The molecule has 0 bridgehead atoms. The molecule has 0 fully saturated rings. The molecule has 0 aliphatic heterocycles. The van der Waals surface area contributed by atoms with Gasteiger partial charge in [0.25, 0.3) is 0 Å². The van der Waals surface area contributed by atoms with Crippen molar-refractivity contribution < 1.29 is 29.1 Å². The largest absolute Gasteiger partial charge is 0.480 e. The van der Waals surface area contributed by atoms with Gasteiger partial charge in [0.2, 0.25) is 23.6 Å². The van der Waals surface area contributed by atoms with E-state index in [9.17, 15) is 29.1 Å². The van der Waals surface area contributed by atoms with Crippen LogP contribution in [0.5, 0.6) is 0 Å². The van der Waals surface area contributed by atoms with E-state index in [1.165, 1.54) is 0 Å². The molecule has 0 radical (unpaired) electrons. The van der Waals surface area contributed by atoms with Crippen LogP contribution in [0.1, 0.15) is 47.0 Å². The lowest BCUT2D eigenvalue weighted by Gasteiger charge is -2.25. The monoisotopic (exact) mass is 500 g/mol. The summed E-state index contributed by atoms with van der Waals surface area (Å²) in [5.74, 6) is -4.11. The molecule has 200 valence electrons. The molecule has 0 unspecified atom stereocenters. The third-order valence-corrected chi connectivity index (χ3v) is 5.25. The van der Waals surface area contributed by atoms with Crippen molar-refractivity contribution in [1.29, 1.82) is 0 Å². The number of hydrogen-bond donors (Lipinski definition) is 8. The van der Waals surface area contributed by atoms with Crippen molar-refractivity contribution in [3.8, 4) is 0 Å². The zero-order chi connectivity index (χ0) is 27.1. The fourth-order valence-corrected chi connectivity index (χ4v) is 2.82. The van der Waals surface area contributed by atoms with Crippen LogP contribution in [0.15, 0.2) is 4.99 Å². The highest BCUT2D eigenvalue weighted by Crippen LogP contribution is 2.08. The second-order valence-electron chi connectivity index (χ2n) is 8.54.